The first kappa shape index (κ1) is 11.6. The van der Waals surface area contributed by atoms with Gasteiger partial charge in [-0.1, -0.05) is 0 Å². The van der Waals surface area contributed by atoms with Crippen LogP contribution < -0.4 is 10.0 Å². The van der Waals surface area contributed by atoms with Crippen molar-refractivity contribution in [3.05, 3.63) is 12.5 Å². The molecule has 2 N–H and O–H groups in total. The Morgan fingerprint density at radius 1 is 1.69 bits per heavy atom. The van der Waals surface area contributed by atoms with Crippen LogP contribution >= 0.6 is 0 Å². The molecule has 16 heavy (non-hydrogen) atoms. The molecular formula is C9H16N4O2S. The van der Waals surface area contributed by atoms with Crippen LogP contribution in [0.15, 0.2) is 17.6 Å². The Labute approximate surface area is 95.1 Å². The number of nitrogens with one attached hydrogen (secondary N) is 2. The van der Waals surface area contributed by atoms with E-state index in [9.17, 15) is 8.42 Å². The molecule has 0 bridgehead atoms. The van der Waals surface area contributed by atoms with E-state index in [2.05, 4.69) is 15.0 Å². The van der Waals surface area contributed by atoms with Crippen molar-refractivity contribution in [2.45, 2.75) is 31.0 Å². The van der Waals surface area contributed by atoms with Gasteiger partial charge in [0, 0.05) is 25.3 Å². The fourth-order valence-electron chi connectivity index (χ4n) is 1.69. The fraction of sp³-hybridized carbons (Fsp3) is 0.667. The molecular weight excluding hydrogens is 228 g/mol. The van der Waals surface area contributed by atoms with E-state index in [0.29, 0.717) is 13.1 Å². The molecule has 90 valence electrons. The number of hydrogen-bond donors (Lipinski definition) is 2. The number of sulfonamides is 1. The van der Waals surface area contributed by atoms with Crippen LogP contribution in [-0.2, 0) is 16.6 Å². The van der Waals surface area contributed by atoms with Gasteiger partial charge in [-0.15, -0.1) is 0 Å². The first-order valence-corrected chi connectivity index (χ1v) is 6.85. The second-order valence-corrected chi connectivity index (χ2v) is 5.51. The van der Waals surface area contributed by atoms with Crippen LogP contribution in [0.1, 0.15) is 13.3 Å². The minimum atomic E-state index is -3.45. The molecule has 1 saturated heterocycles. The summed E-state index contributed by atoms with van der Waals surface area (Å²) in [4.78, 5) is 3.89. The molecule has 0 saturated carbocycles. The van der Waals surface area contributed by atoms with Crippen LogP contribution in [0.3, 0.4) is 0 Å². The third kappa shape index (κ3) is 2.42. The van der Waals surface area contributed by atoms with Crippen LogP contribution in [0.2, 0.25) is 0 Å². The highest BCUT2D eigenvalue weighted by Gasteiger charge is 2.24. The molecule has 0 unspecified atom stereocenters. The van der Waals surface area contributed by atoms with Crippen LogP contribution in [0.4, 0.5) is 0 Å². The summed E-state index contributed by atoms with van der Waals surface area (Å²) in [6.45, 7) is 4.20. The normalized spacial score (nSPS) is 21.4. The lowest BCUT2D eigenvalue weighted by molar-refractivity contribution is 0.557. The van der Waals surface area contributed by atoms with Crippen molar-refractivity contribution in [1.82, 2.24) is 19.6 Å². The van der Waals surface area contributed by atoms with Gasteiger partial charge in [0.1, 0.15) is 0 Å². The zero-order valence-corrected chi connectivity index (χ0v) is 10.00. The molecule has 1 aromatic rings. The van der Waals surface area contributed by atoms with Gasteiger partial charge in [-0.05, 0) is 19.9 Å². The lowest BCUT2D eigenvalue weighted by Gasteiger charge is -2.09. The van der Waals surface area contributed by atoms with Crippen LogP contribution in [0, 0.1) is 0 Å². The lowest BCUT2D eigenvalue weighted by atomic mass is 10.3. The van der Waals surface area contributed by atoms with Gasteiger partial charge in [-0.3, -0.25) is 0 Å². The molecule has 0 spiro atoms. The average molecular weight is 244 g/mol. The average Bonchev–Trinajstić information content (AvgIpc) is 2.85. The molecule has 1 aliphatic heterocycles. The first-order chi connectivity index (χ1) is 7.62. The molecule has 1 atom stereocenters. The summed E-state index contributed by atoms with van der Waals surface area (Å²) in [7, 11) is -3.45. The van der Waals surface area contributed by atoms with Crippen molar-refractivity contribution < 1.29 is 8.42 Å². The van der Waals surface area contributed by atoms with Gasteiger partial charge in [0.15, 0.2) is 5.03 Å². The highest BCUT2D eigenvalue weighted by atomic mass is 32.2. The van der Waals surface area contributed by atoms with Gasteiger partial charge in [0.25, 0.3) is 10.0 Å². The fourth-order valence-corrected chi connectivity index (χ4v) is 2.91. The van der Waals surface area contributed by atoms with Crippen molar-refractivity contribution in [3.63, 3.8) is 0 Å². The van der Waals surface area contributed by atoms with Crippen LogP contribution in [-0.4, -0.2) is 37.1 Å². The minimum Gasteiger partial charge on any atom is -0.336 e. The molecule has 1 aromatic heterocycles. The van der Waals surface area contributed by atoms with E-state index < -0.39 is 10.0 Å². The molecule has 1 fully saturated rings. The van der Waals surface area contributed by atoms with Crippen LogP contribution in [0.5, 0.6) is 0 Å². The molecule has 0 amide bonds. The standard InChI is InChI=1S/C9H16N4O2S/c1-2-13-6-9(11-7-13)16(14,15)12-8-3-4-10-5-8/h6-8,10,12H,2-5H2,1H3/t8-/m1/s1. The predicted molar refractivity (Wildman–Crippen MR) is 59.5 cm³/mol. The zero-order valence-electron chi connectivity index (χ0n) is 9.18. The smallest absolute Gasteiger partial charge is 0.259 e. The highest BCUT2D eigenvalue weighted by Crippen LogP contribution is 2.08. The Balaban J connectivity index is 2.11. The largest absolute Gasteiger partial charge is 0.336 e. The van der Waals surface area contributed by atoms with E-state index in [4.69, 9.17) is 0 Å². The third-order valence-corrected chi connectivity index (χ3v) is 4.04. The van der Waals surface area contributed by atoms with Gasteiger partial charge in [-0.2, -0.15) is 0 Å². The third-order valence-electron chi connectivity index (χ3n) is 2.63. The van der Waals surface area contributed by atoms with Gasteiger partial charge < -0.3 is 9.88 Å². The van der Waals surface area contributed by atoms with Gasteiger partial charge in [0.2, 0.25) is 0 Å². The van der Waals surface area contributed by atoms with E-state index in [1.165, 1.54) is 6.33 Å². The Morgan fingerprint density at radius 3 is 3.06 bits per heavy atom. The lowest BCUT2D eigenvalue weighted by Crippen LogP contribution is -2.36. The summed E-state index contributed by atoms with van der Waals surface area (Å²) < 4.78 is 28.2. The van der Waals surface area contributed by atoms with E-state index in [1.807, 2.05) is 6.92 Å². The Hall–Kier alpha value is -0.920. The number of hydrogen-bond acceptors (Lipinski definition) is 4. The van der Waals surface area contributed by atoms with Gasteiger partial charge in [-0.25, -0.2) is 18.1 Å². The van der Waals surface area contributed by atoms with Crippen molar-refractivity contribution in [2.24, 2.45) is 0 Å². The molecule has 0 radical (unpaired) electrons. The maximum absolute atomic E-state index is 11.9. The van der Waals surface area contributed by atoms with Crippen LogP contribution in [0.25, 0.3) is 0 Å². The second kappa shape index (κ2) is 4.52. The summed E-state index contributed by atoms with van der Waals surface area (Å²) >= 11 is 0. The predicted octanol–water partition coefficient (Wildman–Crippen LogP) is -0.457. The number of nitrogens with zero attached hydrogens (tertiary/aromatic N) is 2. The summed E-state index contributed by atoms with van der Waals surface area (Å²) in [5.74, 6) is 0. The molecule has 6 nitrogen and oxygen atoms in total. The number of aryl methyl sites for hydroxylation is 1. The number of aromatic nitrogens is 2. The maximum atomic E-state index is 11.9. The maximum Gasteiger partial charge on any atom is 0.259 e. The summed E-state index contributed by atoms with van der Waals surface area (Å²) in [5, 5.41) is 3.21. The first-order valence-electron chi connectivity index (χ1n) is 5.36. The second-order valence-electron chi connectivity index (χ2n) is 3.85. The molecule has 2 rings (SSSR count). The zero-order chi connectivity index (χ0) is 11.6. The highest BCUT2D eigenvalue weighted by molar-refractivity contribution is 7.89. The van der Waals surface area contributed by atoms with Crippen molar-refractivity contribution >= 4 is 10.0 Å². The quantitative estimate of drug-likeness (QED) is 0.751. The monoisotopic (exact) mass is 244 g/mol. The molecule has 7 heteroatoms. The SMILES string of the molecule is CCn1cnc(S(=O)(=O)N[C@@H]2CCNC2)c1. The van der Waals surface area contributed by atoms with E-state index in [0.717, 1.165) is 13.0 Å². The molecule has 0 aliphatic carbocycles. The van der Waals surface area contributed by atoms with Crippen molar-refractivity contribution in [3.8, 4) is 0 Å². The number of imidazole rings is 1. The Bertz CT molecular complexity index is 448. The van der Waals surface area contributed by atoms with E-state index in [1.54, 1.807) is 10.8 Å². The van der Waals surface area contributed by atoms with E-state index >= 15 is 0 Å². The minimum absolute atomic E-state index is 0.0169. The van der Waals surface area contributed by atoms with Crippen molar-refractivity contribution in [2.75, 3.05) is 13.1 Å². The summed E-state index contributed by atoms with van der Waals surface area (Å²) in [6.07, 6.45) is 3.90. The molecule has 0 aromatic carbocycles. The Kier molecular flexibility index (Phi) is 3.27. The Morgan fingerprint density at radius 2 is 2.50 bits per heavy atom. The topological polar surface area (TPSA) is 76.0 Å². The summed E-state index contributed by atoms with van der Waals surface area (Å²) in [6, 6.07) is -0.0169. The van der Waals surface area contributed by atoms with Gasteiger partial charge >= 0.3 is 0 Å². The van der Waals surface area contributed by atoms with E-state index in [-0.39, 0.29) is 11.1 Å². The van der Waals surface area contributed by atoms with Crippen molar-refractivity contribution in [1.29, 1.82) is 0 Å². The number of rotatable bonds is 4. The molecule has 2 heterocycles. The molecule has 1 aliphatic rings. The van der Waals surface area contributed by atoms with Gasteiger partial charge in [0.05, 0.1) is 6.33 Å². The summed E-state index contributed by atoms with van der Waals surface area (Å²) in [5.41, 5.74) is 0.